The number of hydrogen-bond acceptors (Lipinski definition) is 1. The van der Waals surface area contributed by atoms with Gasteiger partial charge in [0.15, 0.2) is 0 Å². The number of halogens is 1. The van der Waals surface area contributed by atoms with E-state index in [1.807, 2.05) is 0 Å². The third-order valence-corrected chi connectivity index (χ3v) is 4.71. The summed E-state index contributed by atoms with van der Waals surface area (Å²) in [5, 5.41) is 1.12. The molecule has 0 bridgehead atoms. The molecule has 0 N–H and O–H groups in total. The number of likely N-dealkylation sites (tertiary alicyclic amines) is 1. The number of nitrogens with zero attached hydrogens (tertiary/aromatic N) is 1. The highest BCUT2D eigenvalue weighted by molar-refractivity contribution is 9.09. The molecule has 1 rings (SSSR count). The van der Waals surface area contributed by atoms with Gasteiger partial charge in [-0.2, -0.15) is 0 Å². The van der Waals surface area contributed by atoms with Crippen molar-refractivity contribution in [1.29, 1.82) is 0 Å². The Morgan fingerprint density at radius 3 is 2.62 bits per heavy atom. The number of hydrogen-bond donors (Lipinski definition) is 0. The minimum Gasteiger partial charge on any atom is -0.303 e. The van der Waals surface area contributed by atoms with E-state index in [1.165, 1.54) is 32.2 Å². The second-order valence-electron chi connectivity index (χ2n) is 5.11. The maximum absolute atomic E-state index is 3.58. The van der Waals surface area contributed by atoms with Crippen LogP contribution in [0.5, 0.6) is 0 Å². The van der Waals surface area contributed by atoms with Gasteiger partial charge in [-0.3, -0.25) is 0 Å². The van der Waals surface area contributed by atoms with Crippen LogP contribution >= 0.6 is 15.9 Å². The molecule has 1 fully saturated rings. The molecule has 1 saturated heterocycles. The lowest BCUT2D eigenvalue weighted by Gasteiger charge is -2.26. The van der Waals surface area contributed by atoms with Gasteiger partial charge in [-0.1, -0.05) is 29.8 Å². The van der Waals surface area contributed by atoms with Gasteiger partial charge in [0.05, 0.1) is 0 Å². The second-order valence-corrected chi connectivity index (χ2v) is 5.67. The van der Waals surface area contributed by atoms with Crippen molar-refractivity contribution < 1.29 is 0 Å². The van der Waals surface area contributed by atoms with Crippen LogP contribution in [0.1, 0.15) is 39.5 Å². The molecule has 0 radical (unpaired) electrons. The molecule has 1 aliphatic rings. The van der Waals surface area contributed by atoms with E-state index >= 15 is 0 Å². The number of rotatable bonds is 4. The van der Waals surface area contributed by atoms with Crippen molar-refractivity contribution in [3.8, 4) is 0 Å². The van der Waals surface area contributed by atoms with Crippen molar-refractivity contribution in [2.45, 2.75) is 45.6 Å². The summed E-state index contributed by atoms with van der Waals surface area (Å²) in [6.07, 6.45) is 5.52. The normalized spacial score (nSPS) is 25.4. The van der Waals surface area contributed by atoms with Crippen molar-refractivity contribution in [2.24, 2.45) is 5.41 Å². The van der Waals surface area contributed by atoms with Gasteiger partial charge in [0, 0.05) is 11.4 Å². The zero-order valence-electron chi connectivity index (χ0n) is 9.15. The van der Waals surface area contributed by atoms with Gasteiger partial charge in [0.2, 0.25) is 0 Å². The van der Waals surface area contributed by atoms with Crippen LogP contribution in [-0.4, -0.2) is 29.9 Å². The molecule has 0 aliphatic carbocycles. The summed E-state index contributed by atoms with van der Waals surface area (Å²) in [5.41, 5.74) is 0.476. The summed E-state index contributed by atoms with van der Waals surface area (Å²) in [6.45, 7) is 5.99. The maximum Gasteiger partial charge on any atom is 0.00928 e. The van der Waals surface area contributed by atoms with Crippen LogP contribution in [0.2, 0.25) is 0 Å². The third kappa shape index (κ3) is 3.59. The molecule has 0 aromatic carbocycles. The van der Waals surface area contributed by atoms with Gasteiger partial charge in [0.25, 0.3) is 0 Å². The Labute approximate surface area is 91.0 Å². The van der Waals surface area contributed by atoms with Gasteiger partial charge in [0.1, 0.15) is 0 Å². The quantitative estimate of drug-likeness (QED) is 0.690. The fourth-order valence-corrected chi connectivity index (χ4v) is 2.25. The standard InChI is InChI=1S/C11H22BrN/c1-11(2,9-12)7-6-10-5-4-8-13(10)3/h10H,4-9H2,1-3H3. The largest absolute Gasteiger partial charge is 0.303 e. The summed E-state index contributed by atoms with van der Waals surface area (Å²) in [5.74, 6) is 0. The third-order valence-electron chi connectivity index (χ3n) is 3.19. The highest BCUT2D eigenvalue weighted by atomic mass is 79.9. The zero-order valence-corrected chi connectivity index (χ0v) is 10.7. The SMILES string of the molecule is CN1CCCC1CCC(C)(C)CBr. The molecule has 1 atom stereocenters. The van der Waals surface area contributed by atoms with Gasteiger partial charge in [-0.15, -0.1) is 0 Å². The molecule has 2 heteroatoms. The van der Waals surface area contributed by atoms with Gasteiger partial charge < -0.3 is 4.90 Å². The molecule has 1 heterocycles. The van der Waals surface area contributed by atoms with Gasteiger partial charge in [-0.25, -0.2) is 0 Å². The van der Waals surface area contributed by atoms with Crippen molar-refractivity contribution in [3.05, 3.63) is 0 Å². The van der Waals surface area contributed by atoms with Crippen LogP contribution < -0.4 is 0 Å². The first-order valence-electron chi connectivity index (χ1n) is 5.31. The predicted octanol–water partition coefficient (Wildman–Crippen LogP) is 3.28. The molecule has 1 aliphatic heterocycles. The fourth-order valence-electron chi connectivity index (χ4n) is 1.97. The molecule has 1 unspecified atom stereocenters. The zero-order chi connectivity index (χ0) is 9.90. The van der Waals surface area contributed by atoms with Crippen molar-refractivity contribution in [1.82, 2.24) is 4.90 Å². The average molecular weight is 248 g/mol. The maximum atomic E-state index is 3.58. The lowest BCUT2D eigenvalue weighted by atomic mass is 9.88. The van der Waals surface area contributed by atoms with Crippen LogP contribution in [0.15, 0.2) is 0 Å². The Bertz CT molecular complexity index is 156. The van der Waals surface area contributed by atoms with E-state index in [1.54, 1.807) is 0 Å². The van der Waals surface area contributed by atoms with Crippen LogP contribution in [0.4, 0.5) is 0 Å². The minimum atomic E-state index is 0.476. The lowest BCUT2D eigenvalue weighted by Crippen LogP contribution is -2.27. The highest BCUT2D eigenvalue weighted by Crippen LogP contribution is 2.29. The Kier molecular flexibility index (Phi) is 4.24. The van der Waals surface area contributed by atoms with E-state index < -0.39 is 0 Å². The summed E-state index contributed by atoms with van der Waals surface area (Å²) >= 11 is 3.58. The monoisotopic (exact) mass is 247 g/mol. The molecule has 1 nitrogen and oxygen atoms in total. The molecule has 13 heavy (non-hydrogen) atoms. The minimum absolute atomic E-state index is 0.476. The molecule has 0 aromatic rings. The number of alkyl halides is 1. The van der Waals surface area contributed by atoms with E-state index in [2.05, 4.69) is 41.7 Å². The van der Waals surface area contributed by atoms with Crippen LogP contribution in [-0.2, 0) is 0 Å². The lowest BCUT2D eigenvalue weighted by molar-refractivity contribution is 0.257. The Balaban J connectivity index is 2.25. The first-order chi connectivity index (χ1) is 6.05. The van der Waals surface area contributed by atoms with E-state index in [0.29, 0.717) is 5.41 Å². The molecule has 0 spiro atoms. The summed E-state index contributed by atoms with van der Waals surface area (Å²) in [6, 6.07) is 0.860. The van der Waals surface area contributed by atoms with Crippen molar-refractivity contribution in [3.63, 3.8) is 0 Å². The van der Waals surface area contributed by atoms with Crippen molar-refractivity contribution >= 4 is 15.9 Å². The highest BCUT2D eigenvalue weighted by Gasteiger charge is 2.24. The molecular weight excluding hydrogens is 226 g/mol. The first kappa shape index (κ1) is 11.5. The molecule has 0 saturated carbocycles. The summed E-state index contributed by atoms with van der Waals surface area (Å²) in [4.78, 5) is 2.52. The summed E-state index contributed by atoms with van der Waals surface area (Å²) < 4.78 is 0. The topological polar surface area (TPSA) is 3.24 Å². The van der Waals surface area contributed by atoms with E-state index in [4.69, 9.17) is 0 Å². The first-order valence-corrected chi connectivity index (χ1v) is 6.43. The summed E-state index contributed by atoms with van der Waals surface area (Å²) in [7, 11) is 2.26. The van der Waals surface area contributed by atoms with Crippen LogP contribution in [0, 0.1) is 5.41 Å². The van der Waals surface area contributed by atoms with E-state index in [9.17, 15) is 0 Å². The van der Waals surface area contributed by atoms with Gasteiger partial charge >= 0.3 is 0 Å². The average Bonchev–Trinajstić information content (AvgIpc) is 2.48. The smallest absolute Gasteiger partial charge is 0.00928 e. The second kappa shape index (κ2) is 4.79. The van der Waals surface area contributed by atoms with E-state index in [-0.39, 0.29) is 0 Å². The van der Waals surface area contributed by atoms with Crippen molar-refractivity contribution in [2.75, 3.05) is 18.9 Å². The fraction of sp³-hybridized carbons (Fsp3) is 1.00. The van der Waals surface area contributed by atoms with Gasteiger partial charge in [-0.05, 0) is 44.7 Å². The van der Waals surface area contributed by atoms with Crippen LogP contribution in [0.25, 0.3) is 0 Å². The van der Waals surface area contributed by atoms with E-state index in [0.717, 1.165) is 11.4 Å². The predicted molar refractivity (Wildman–Crippen MR) is 62.5 cm³/mol. The molecule has 0 amide bonds. The molecule has 0 aromatic heterocycles. The molecular formula is C11H22BrN. The Hall–Kier alpha value is 0.440. The Morgan fingerprint density at radius 1 is 1.46 bits per heavy atom. The molecule has 78 valence electrons. The van der Waals surface area contributed by atoms with Crippen LogP contribution in [0.3, 0.4) is 0 Å². The Morgan fingerprint density at radius 2 is 2.15 bits per heavy atom.